The molecule has 2 aromatic rings. The third kappa shape index (κ3) is 7.40. The Bertz CT molecular complexity index is 861. The molecule has 0 bridgehead atoms. The molecule has 7 nitrogen and oxygen atoms in total. The molecular weight excluding hydrogens is 543 g/mol. The van der Waals surface area contributed by atoms with Crippen molar-refractivity contribution in [2.45, 2.75) is 12.6 Å². The molecule has 3 rings (SSSR count). The first-order chi connectivity index (χ1) is 15.1. The van der Waals surface area contributed by atoms with Crippen LogP contribution in [0.4, 0.5) is 0 Å². The lowest BCUT2D eigenvalue weighted by Crippen LogP contribution is -2.46. The fourth-order valence-electron chi connectivity index (χ4n) is 3.62. The highest BCUT2D eigenvalue weighted by Crippen LogP contribution is 2.25. The number of aliphatic imine (C=N–C) groups is 1. The lowest BCUT2D eigenvalue weighted by molar-refractivity contribution is 0.0170. The molecule has 2 N–H and O–H groups in total. The smallest absolute Gasteiger partial charge is 0.191 e. The molecule has 0 aromatic heterocycles. The first-order valence-electron chi connectivity index (χ1n) is 10.4. The highest BCUT2D eigenvalue weighted by molar-refractivity contribution is 14.0. The van der Waals surface area contributed by atoms with Crippen LogP contribution < -0.4 is 20.1 Å². The monoisotopic (exact) mass is 574 g/mol. The van der Waals surface area contributed by atoms with E-state index in [1.807, 2.05) is 30.3 Å². The topological polar surface area (TPSA) is 67.4 Å². The van der Waals surface area contributed by atoms with Crippen molar-refractivity contribution in [1.82, 2.24) is 15.5 Å². The van der Waals surface area contributed by atoms with Crippen molar-refractivity contribution in [2.24, 2.45) is 4.99 Å². The second kappa shape index (κ2) is 13.7. The van der Waals surface area contributed by atoms with Gasteiger partial charge >= 0.3 is 0 Å². The van der Waals surface area contributed by atoms with Gasteiger partial charge in [0.15, 0.2) is 5.96 Å². The Morgan fingerprint density at radius 2 is 1.81 bits per heavy atom. The second-order valence-corrected chi connectivity index (χ2v) is 7.64. The molecule has 1 saturated heterocycles. The summed E-state index contributed by atoms with van der Waals surface area (Å²) in [6.45, 7) is 4.56. The number of rotatable bonds is 8. The van der Waals surface area contributed by atoms with Gasteiger partial charge in [-0.15, -0.1) is 24.0 Å². The van der Waals surface area contributed by atoms with Crippen molar-refractivity contribution in [1.29, 1.82) is 0 Å². The van der Waals surface area contributed by atoms with E-state index in [-0.39, 0.29) is 30.0 Å². The first kappa shape index (κ1) is 26.5. The van der Waals surface area contributed by atoms with Crippen LogP contribution in [-0.2, 0) is 11.3 Å². The lowest BCUT2D eigenvalue weighted by Gasteiger charge is -2.35. The number of halogens is 2. The van der Waals surface area contributed by atoms with Gasteiger partial charge in [0.25, 0.3) is 0 Å². The summed E-state index contributed by atoms with van der Waals surface area (Å²) in [6, 6.07) is 14.0. The normalized spacial score (nSPS) is 15.4. The number of morpholine rings is 1. The number of methoxy groups -OCH3 is 2. The SMILES string of the molecule is CN=C(NCc1ccc(OC)cc1OC)NCC(c1ccc(Cl)cc1)N1CCOCC1.I. The summed E-state index contributed by atoms with van der Waals surface area (Å²) in [5.74, 6) is 2.26. The van der Waals surface area contributed by atoms with Gasteiger partial charge in [-0.2, -0.15) is 0 Å². The molecule has 1 unspecified atom stereocenters. The Kier molecular flexibility index (Phi) is 11.4. The molecule has 1 aliphatic heterocycles. The molecule has 0 aliphatic carbocycles. The largest absolute Gasteiger partial charge is 0.497 e. The Labute approximate surface area is 212 Å². The van der Waals surface area contributed by atoms with Crippen molar-refractivity contribution in [3.63, 3.8) is 0 Å². The minimum absolute atomic E-state index is 0. The fraction of sp³-hybridized carbons (Fsp3) is 0.435. The summed E-state index contributed by atoms with van der Waals surface area (Å²) in [5.41, 5.74) is 2.24. The minimum atomic E-state index is 0. The molecule has 0 saturated carbocycles. The van der Waals surface area contributed by atoms with Gasteiger partial charge < -0.3 is 24.8 Å². The Hall–Kier alpha value is -1.75. The predicted molar refractivity (Wildman–Crippen MR) is 140 cm³/mol. The maximum Gasteiger partial charge on any atom is 0.191 e. The number of nitrogens with zero attached hydrogens (tertiary/aromatic N) is 2. The van der Waals surface area contributed by atoms with Gasteiger partial charge in [-0.25, -0.2) is 0 Å². The van der Waals surface area contributed by atoms with E-state index in [0.717, 1.165) is 54.3 Å². The van der Waals surface area contributed by atoms with E-state index in [2.05, 4.69) is 32.7 Å². The number of hydrogen-bond donors (Lipinski definition) is 2. The maximum absolute atomic E-state index is 6.10. The van der Waals surface area contributed by atoms with Crippen LogP contribution in [0.1, 0.15) is 17.2 Å². The van der Waals surface area contributed by atoms with E-state index in [0.29, 0.717) is 13.1 Å². The Morgan fingerprint density at radius 3 is 2.44 bits per heavy atom. The van der Waals surface area contributed by atoms with E-state index in [1.54, 1.807) is 21.3 Å². The molecule has 176 valence electrons. The van der Waals surface area contributed by atoms with Gasteiger partial charge in [-0.05, 0) is 29.8 Å². The molecule has 0 radical (unpaired) electrons. The van der Waals surface area contributed by atoms with Gasteiger partial charge in [-0.1, -0.05) is 23.7 Å². The lowest BCUT2D eigenvalue weighted by atomic mass is 10.0. The van der Waals surface area contributed by atoms with Crippen molar-refractivity contribution >= 4 is 41.5 Å². The molecule has 1 heterocycles. The Morgan fingerprint density at radius 1 is 1.09 bits per heavy atom. The van der Waals surface area contributed by atoms with Crippen LogP contribution in [0.3, 0.4) is 0 Å². The van der Waals surface area contributed by atoms with Crippen molar-refractivity contribution in [3.05, 3.63) is 58.6 Å². The fourth-order valence-corrected chi connectivity index (χ4v) is 3.75. The van der Waals surface area contributed by atoms with E-state index >= 15 is 0 Å². The van der Waals surface area contributed by atoms with Crippen LogP contribution in [0.2, 0.25) is 5.02 Å². The van der Waals surface area contributed by atoms with Crippen LogP contribution >= 0.6 is 35.6 Å². The first-order valence-corrected chi connectivity index (χ1v) is 10.7. The van der Waals surface area contributed by atoms with Crippen LogP contribution in [0.5, 0.6) is 11.5 Å². The van der Waals surface area contributed by atoms with Crippen LogP contribution in [0, 0.1) is 0 Å². The Balaban J connectivity index is 0.00000363. The highest BCUT2D eigenvalue weighted by Gasteiger charge is 2.23. The van der Waals surface area contributed by atoms with E-state index in [9.17, 15) is 0 Å². The zero-order chi connectivity index (χ0) is 22.1. The average Bonchev–Trinajstić information content (AvgIpc) is 2.82. The van der Waals surface area contributed by atoms with E-state index in [4.69, 9.17) is 25.8 Å². The molecule has 9 heteroatoms. The van der Waals surface area contributed by atoms with Gasteiger partial charge in [0.1, 0.15) is 11.5 Å². The summed E-state index contributed by atoms with van der Waals surface area (Å²) >= 11 is 6.10. The molecule has 2 aromatic carbocycles. The molecule has 1 aliphatic rings. The number of benzene rings is 2. The van der Waals surface area contributed by atoms with Crippen molar-refractivity contribution in [3.8, 4) is 11.5 Å². The second-order valence-electron chi connectivity index (χ2n) is 7.20. The van der Waals surface area contributed by atoms with Gasteiger partial charge in [0.2, 0.25) is 0 Å². The van der Waals surface area contributed by atoms with Gasteiger partial charge in [-0.3, -0.25) is 9.89 Å². The molecule has 32 heavy (non-hydrogen) atoms. The summed E-state index contributed by atoms with van der Waals surface area (Å²) in [7, 11) is 5.07. The zero-order valence-corrected chi connectivity index (χ0v) is 21.9. The standard InChI is InChI=1S/C23H31ClN4O3.HI/c1-25-23(26-15-18-6-9-20(29-2)14-22(18)30-3)27-16-21(28-10-12-31-13-11-28)17-4-7-19(24)8-5-17;/h4-9,14,21H,10-13,15-16H2,1-3H3,(H2,25,26,27);1H. The number of hydrogen-bond acceptors (Lipinski definition) is 5. The quantitative estimate of drug-likeness (QED) is 0.285. The molecule has 1 atom stereocenters. The van der Waals surface area contributed by atoms with Crippen molar-refractivity contribution in [2.75, 3.05) is 54.1 Å². The number of ether oxygens (including phenoxy) is 3. The summed E-state index contributed by atoms with van der Waals surface area (Å²) in [4.78, 5) is 6.81. The number of nitrogens with one attached hydrogen (secondary N) is 2. The third-order valence-electron chi connectivity index (χ3n) is 5.37. The average molecular weight is 575 g/mol. The summed E-state index contributed by atoms with van der Waals surface area (Å²) < 4.78 is 16.3. The highest BCUT2D eigenvalue weighted by atomic mass is 127. The molecule has 0 spiro atoms. The van der Waals surface area contributed by atoms with Crippen LogP contribution in [0.15, 0.2) is 47.5 Å². The van der Waals surface area contributed by atoms with Crippen LogP contribution in [0.25, 0.3) is 0 Å². The third-order valence-corrected chi connectivity index (χ3v) is 5.62. The van der Waals surface area contributed by atoms with E-state index in [1.165, 1.54) is 5.56 Å². The minimum Gasteiger partial charge on any atom is -0.497 e. The van der Waals surface area contributed by atoms with E-state index < -0.39 is 0 Å². The van der Waals surface area contributed by atoms with Gasteiger partial charge in [0, 0.05) is 49.9 Å². The summed E-state index contributed by atoms with van der Waals surface area (Å²) in [6.07, 6.45) is 0. The van der Waals surface area contributed by atoms with Crippen LogP contribution in [-0.4, -0.2) is 65.0 Å². The maximum atomic E-state index is 6.10. The molecule has 1 fully saturated rings. The number of guanidine groups is 1. The summed E-state index contributed by atoms with van der Waals surface area (Å²) in [5, 5.41) is 7.58. The zero-order valence-electron chi connectivity index (χ0n) is 18.8. The van der Waals surface area contributed by atoms with Crippen molar-refractivity contribution < 1.29 is 14.2 Å². The molecule has 0 amide bonds. The predicted octanol–water partition coefficient (Wildman–Crippen LogP) is 3.71. The van der Waals surface area contributed by atoms with Gasteiger partial charge in [0.05, 0.1) is 33.5 Å². The molecular formula is C23H32ClIN4O3.